The summed E-state index contributed by atoms with van der Waals surface area (Å²) in [6, 6.07) is 8.75. The average Bonchev–Trinajstić information content (AvgIpc) is 3.26. The minimum Gasteiger partial charge on any atom is -0.469 e. The molecule has 0 radical (unpaired) electrons. The van der Waals surface area contributed by atoms with Crippen molar-refractivity contribution in [2.45, 2.75) is 44.7 Å². The molecule has 1 aliphatic heterocycles. The molecule has 1 aromatic carbocycles. The average molecular weight is 367 g/mol. The molecule has 1 fully saturated rings. The maximum absolute atomic E-state index is 12.3. The van der Waals surface area contributed by atoms with Crippen molar-refractivity contribution >= 4 is 23.5 Å². The summed E-state index contributed by atoms with van der Waals surface area (Å²) in [5.74, 6) is 0.683. The third-order valence-corrected chi connectivity index (χ3v) is 5.06. The smallest absolute Gasteiger partial charge is 0.319 e. The van der Waals surface area contributed by atoms with E-state index in [9.17, 15) is 14.4 Å². The van der Waals surface area contributed by atoms with Gasteiger partial charge in [0.05, 0.1) is 18.8 Å². The van der Waals surface area contributed by atoms with Gasteiger partial charge in [-0.05, 0) is 36.6 Å². The first-order valence-corrected chi connectivity index (χ1v) is 9.16. The third kappa shape index (κ3) is 3.72. The molecule has 1 aliphatic carbocycles. The van der Waals surface area contributed by atoms with Crippen LogP contribution in [-0.4, -0.2) is 22.7 Å². The molecule has 1 atom stereocenters. The van der Waals surface area contributed by atoms with Crippen molar-refractivity contribution in [2.75, 3.05) is 5.32 Å². The Morgan fingerprint density at radius 3 is 2.56 bits per heavy atom. The topological polar surface area (TPSA) is 91.7 Å². The lowest BCUT2D eigenvalue weighted by Crippen LogP contribution is -2.34. The molecular weight excluding hydrogens is 346 g/mol. The van der Waals surface area contributed by atoms with Crippen molar-refractivity contribution < 1.29 is 18.8 Å². The van der Waals surface area contributed by atoms with Crippen LogP contribution in [0.25, 0.3) is 0 Å². The monoisotopic (exact) mass is 367 g/mol. The Morgan fingerprint density at radius 1 is 1.07 bits per heavy atom. The van der Waals surface area contributed by atoms with Gasteiger partial charge >= 0.3 is 6.03 Å². The predicted molar refractivity (Wildman–Crippen MR) is 97.8 cm³/mol. The van der Waals surface area contributed by atoms with Crippen molar-refractivity contribution in [3.05, 3.63) is 53.5 Å². The van der Waals surface area contributed by atoms with Gasteiger partial charge in [-0.1, -0.05) is 12.1 Å². The number of aryl methyl sites for hydroxylation is 1. The highest BCUT2D eigenvalue weighted by Crippen LogP contribution is 2.30. The van der Waals surface area contributed by atoms with Crippen molar-refractivity contribution in [1.82, 2.24) is 10.2 Å². The molecule has 4 rings (SSSR count). The molecule has 1 saturated heterocycles. The van der Waals surface area contributed by atoms with Gasteiger partial charge in [-0.3, -0.25) is 14.5 Å². The lowest BCUT2D eigenvalue weighted by molar-refractivity contribution is -0.139. The van der Waals surface area contributed by atoms with Crippen LogP contribution in [-0.2, 0) is 22.6 Å². The first-order valence-electron chi connectivity index (χ1n) is 9.16. The second kappa shape index (κ2) is 7.26. The van der Waals surface area contributed by atoms with Gasteiger partial charge in [0.15, 0.2) is 0 Å². The highest BCUT2D eigenvalue weighted by molar-refractivity contribution is 6.01. The van der Waals surface area contributed by atoms with Gasteiger partial charge in [-0.25, -0.2) is 4.79 Å². The van der Waals surface area contributed by atoms with Crippen LogP contribution in [0.1, 0.15) is 48.6 Å². The van der Waals surface area contributed by atoms with Gasteiger partial charge in [0.2, 0.25) is 11.8 Å². The molecule has 1 unspecified atom stereocenters. The summed E-state index contributed by atoms with van der Waals surface area (Å²) >= 11 is 0. The first kappa shape index (κ1) is 17.3. The molecular formula is C20H21N3O4. The van der Waals surface area contributed by atoms with Gasteiger partial charge in [0.25, 0.3) is 0 Å². The fourth-order valence-corrected chi connectivity index (χ4v) is 3.64. The van der Waals surface area contributed by atoms with Crippen LogP contribution in [0.15, 0.2) is 41.0 Å². The van der Waals surface area contributed by atoms with Crippen molar-refractivity contribution in [2.24, 2.45) is 0 Å². The molecule has 2 N–H and O–H groups in total. The number of hydrogen-bond acceptors (Lipinski definition) is 4. The molecule has 2 aliphatic rings. The lowest BCUT2D eigenvalue weighted by Gasteiger charge is -2.23. The first-order chi connectivity index (χ1) is 13.1. The molecule has 1 aromatic heterocycles. The number of fused-ring (bicyclic) bond motifs is 1. The molecule has 0 spiro atoms. The molecule has 2 aromatic rings. The zero-order chi connectivity index (χ0) is 18.8. The van der Waals surface area contributed by atoms with Crippen LogP contribution >= 0.6 is 0 Å². The maximum Gasteiger partial charge on any atom is 0.319 e. The molecule has 0 bridgehead atoms. The number of anilines is 1. The summed E-state index contributed by atoms with van der Waals surface area (Å²) in [4.78, 5) is 37.0. The minimum absolute atomic E-state index is 0.0426. The summed E-state index contributed by atoms with van der Waals surface area (Å²) in [5, 5.41) is 5.81. The molecule has 0 saturated carbocycles. The number of carbonyl (C=O) groups excluding carboxylic acids is 3. The molecule has 7 heteroatoms. The van der Waals surface area contributed by atoms with E-state index in [2.05, 4.69) is 10.6 Å². The van der Waals surface area contributed by atoms with Crippen molar-refractivity contribution in [3.63, 3.8) is 0 Å². The number of imide groups is 1. The maximum atomic E-state index is 12.3. The van der Waals surface area contributed by atoms with E-state index in [-0.39, 0.29) is 43.3 Å². The van der Waals surface area contributed by atoms with Crippen LogP contribution in [0.2, 0.25) is 0 Å². The fraction of sp³-hybridized carbons (Fsp3) is 0.350. The van der Waals surface area contributed by atoms with Crippen LogP contribution in [0.4, 0.5) is 10.5 Å². The minimum atomic E-state index is -0.272. The van der Waals surface area contributed by atoms with Crippen molar-refractivity contribution in [3.8, 4) is 0 Å². The Bertz CT molecular complexity index is 856. The lowest BCUT2D eigenvalue weighted by atomic mass is 9.93. The highest BCUT2D eigenvalue weighted by atomic mass is 16.3. The number of nitrogens with zero attached hydrogens (tertiary/aromatic N) is 1. The Hall–Kier alpha value is -3.09. The largest absolute Gasteiger partial charge is 0.469 e. The quantitative estimate of drug-likeness (QED) is 0.812. The molecule has 2 heterocycles. The molecule has 4 amide bonds. The van der Waals surface area contributed by atoms with Crippen LogP contribution in [0.3, 0.4) is 0 Å². The van der Waals surface area contributed by atoms with E-state index in [1.54, 1.807) is 18.4 Å². The van der Waals surface area contributed by atoms with E-state index < -0.39 is 0 Å². The van der Waals surface area contributed by atoms with Gasteiger partial charge < -0.3 is 15.1 Å². The second-order valence-electron chi connectivity index (χ2n) is 6.91. The Morgan fingerprint density at radius 2 is 1.81 bits per heavy atom. The van der Waals surface area contributed by atoms with Gasteiger partial charge in [-0.15, -0.1) is 0 Å². The second-order valence-corrected chi connectivity index (χ2v) is 6.91. The number of furan rings is 1. The van der Waals surface area contributed by atoms with E-state index in [4.69, 9.17) is 4.42 Å². The van der Waals surface area contributed by atoms with E-state index >= 15 is 0 Å². The summed E-state index contributed by atoms with van der Waals surface area (Å²) in [7, 11) is 0. The van der Waals surface area contributed by atoms with E-state index in [1.807, 2.05) is 18.2 Å². The number of carbonyl (C=O) groups is 3. The van der Waals surface area contributed by atoms with E-state index in [0.717, 1.165) is 36.1 Å². The van der Waals surface area contributed by atoms with Crippen LogP contribution in [0.5, 0.6) is 0 Å². The normalized spacial score (nSPS) is 19.1. The number of amides is 4. The zero-order valence-electron chi connectivity index (χ0n) is 14.9. The van der Waals surface area contributed by atoms with E-state index in [1.165, 1.54) is 4.90 Å². The van der Waals surface area contributed by atoms with Gasteiger partial charge in [-0.2, -0.15) is 0 Å². The number of hydrogen-bond donors (Lipinski definition) is 2. The predicted octanol–water partition coefficient (Wildman–Crippen LogP) is 3.13. The Labute approximate surface area is 156 Å². The number of likely N-dealkylation sites (tertiary alicyclic amines) is 1. The number of urea groups is 1. The molecule has 7 nitrogen and oxygen atoms in total. The van der Waals surface area contributed by atoms with Crippen LogP contribution in [0, 0.1) is 0 Å². The summed E-state index contributed by atoms with van der Waals surface area (Å²) in [6.07, 6.45) is 5.02. The zero-order valence-corrected chi connectivity index (χ0v) is 14.9. The Balaban J connectivity index is 1.34. The molecule has 27 heavy (non-hydrogen) atoms. The highest BCUT2D eigenvalue weighted by Gasteiger charge is 2.28. The van der Waals surface area contributed by atoms with E-state index in [0.29, 0.717) is 5.69 Å². The Kier molecular flexibility index (Phi) is 4.66. The standard InChI is InChI=1S/C20H21N3O4/c24-18-8-9-19(25)23(18)12-13-4-6-14(7-5-13)21-20(26)22-16-2-1-3-17-15(16)10-11-27-17/h4-7,10-11,16H,1-3,8-9,12H2,(H2,21,22,26). The number of rotatable bonds is 4. The fourth-order valence-electron chi connectivity index (χ4n) is 3.64. The summed E-state index contributed by atoms with van der Waals surface area (Å²) in [5.41, 5.74) is 2.55. The van der Waals surface area contributed by atoms with Gasteiger partial charge in [0.1, 0.15) is 5.76 Å². The summed E-state index contributed by atoms with van der Waals surface area (Å²) in [6.45, 7) is 0.273. The third-order valence-electron chi connectivity index (χ3n) is 5.06. The van der Waals surface area contributed by atoms with Gasteiger partial charge in [0, 0.05) is 30.5 Å². The van der Waals surface area contributed by atoms with Crippen LogP contribution < -0.4 is 10.6 Å². The number of nitrogens with one attached hydrogen (secondary N) is 2. The number of benzene rings is 1. The molecule has 140 valence electrons. The SMILES string of the molecule is O=C(Nc1ccc(CN2C(=O)CCC2=O)cc1)NC1CCCc2occc21. The van der Waals surface area contributed by atoms with Crippen molar-refractivity contribution in [1.29, 1.82) is 0 Å². The summed E-state index contributed by atoms with van der Waals surface area (Å²) < 4.78 is 5.45.